The molecule has 1 atom stereocenters. The first kappa shape index (κ1) is 17.5. The average molecular weight is 319 g/mol. The minimum Gasteiger partial charge on any atom is -0.378 e. The molecule has 0 unspecified atom stereocenters. The summed E-state index contributed by atoms with van der Waals surface area (Å²) in [7, 11) is 0. The molecule has 2 rings (SSSR count). The SMILES string of the molecule is CC(C)(C)n1cc(C#N)cc1NC(=O)CCOC[C@H]1CCCO1. The number of aromatic nitrogens is 1. The lowest BCUT2D eigenvalue weighted by Crippen LogP contribution is -2.25. The summed E-state index contributed by atoms with van der Waals surface area (Å²) >= 11 is 0. The molecule has 0 aliphatic carbocycles. The van der Waals surface area contributed by atoms with Gasteiger partial charge in [-0.25, -0.2) is 0 Å². The molecule has 1 aliphatic rings. The van der Waals surface area contributed by atoms with E-state index in [4.69, 9.17) is 14.7 Å². The Kier molecular flexibility index (Phi) is 5.80. The molecule has 1 N–H and O–H groups in total. The first-order valence-corrected chi connectivity index (χ1v) is 8.02. The summed E-state index contributed by atoms with van der Waals surface area (Å²) in [4.78, 5) is 12.1. The molecule has 1 amide bonds. The molecule has 0 aromatic carbocycles. The van der Waals surface area contributed by atoms with Crippen molar-refractivity contribution < 1.29 is 14.3 Å². The van der Waals surface area contributed by atoms with Crippen LogP contribution >= 0.6 is 0 Å². The molecule has 1 aromatic rings. The van der Waals surface area contributed by atoms with Crippen molar-refractivity contribution in [2.75, 3.05) is 25.1 Å². The predicted molar refractivity (Wildman–Crippen MR) is 87.2 cm³/mol. The van der Waals surface area contributed by atoms with E-state index in [1.807, 2.05) is 25.3 Å². The fraction of sp³-hybridized carbons (Fsp3) is 0.647. The van der Waals surface area contributed by atoms with Gasteiger partial charge in [0, 0.05) is 18.3 Å². The van der Waals surface area contributed by atoms with Crippen molar-refractivity contribution in [2.45, 2.75) is 51.7 Å². The van der Waals surface area contributed by atoms with E-state index in [-0.39, 0.29) is 24.0 Å². The van der Waals surface area contributed by atoms with E-state index in [9.17, 15) is 4.79 Å². The van der Waals surface area contributed by atoms with Crippen LogP contribution in [-0.4, -0.2) is 36.4 Å². The molecule has 6 heteroatoms. The number of anilines is 1. The summed E-state index contributed by atoms with van der Waals surface area (Å²) in [6, 6.07) is 3.80. The normalized spacial score (nSPS) is 17.9. The first-order chi connectivity index (χ1) is 10.9. The van der Waals surface area contributed by atoms with Crippen molar-refractivity contribution in [3.05, 3.63) is 17.8 Å². The molecule has 1 aromatic heterocycles. The van der Waals surface area contributed by atoms with Gasteiger partial charge in [0.05, 0.1) is 31.3 Å². The Morgan fingerprint density at radius 1 is 1.57 bits per heavy atom. The van der Waals surface area contributed by atoms with Crippen LogP contribution in [0.25, 0.3) is 0 Å². The van der Waals surface area contributed by atoms with Crippen LogP contribution in [0.3, 0.4) is 0 Å². The van der Waals surface area contributed by atoms with E-state index in [2.05, 4.69) is 11.4 Å². The number of hydrogen-bond acceptors (Lipinski definition) is 4. The minimum atomic E-state index is -0.214. The summed E-state index contributed by atoms with van der Waals surface area (Å²) in [5.41, 5.74) is 0.318. The Hall–Kier alpha value is -1.84. The van der Waals surface area contributed by atoms with Gasteiger partial charge in [-0.2, -0.15) is 5.26 Å². The van der Waals surface area contributed by atoms with Gasteiger partial charge in [-0.1, -0.05) is 0 Å². The van der Waals surface area contributed by atoms with Gasteiger partial charge in [0.25, 0.3) is 0 Å². The number of carbonyl (C=O) groups is 1. The minimum absolute atomic E-state index is 0.120. The zero-order chi connectivity index (χ0) is 16.9. The smallest absolute Gasteiger partial charge is 0.227 e. The first-order valence-electron chi connectivity index (χ1n) is 8.02. The second kappa shape index (κ2) is 7.62. The van der Waals surface area contributed by atoms with Gasteiger partial charge in [-0.05, 0) is 39.7 Å². The highest BCUT2D eigenvalue weighted by Gasteiger charge is 2.19. The van der Waals surface area contributed by atoms with E-state index in [0.29, 0.717) is 24.6 Å². The maximum Gasteiger partial charge on any atom is 0.227 e. The average Bonchev–Trinajstić information content (AvgIpc) is 3.12. The van der Waals surface area contributed by atoms with Crippen LogP contribution in [0, 0.1) is 11.3 Å². The highest BCUT2D eigenvalue weighted by molar-refractivity contribution is 5.90. The second-order valence-corrected chi connectivity index (χ2v) is 6.77. The Morgan fingerprint density at radius 2 is 2.35 bits per heavy atom. The van der Waals surface area contributed by atoms with Gasteiger partial charge in [0.15, 0.2) is 0 Å². The number of amides is 1. The van der Waals surface area contributed by atoms with Crippen LogP contribution in [0.4, 0.5) is 5.82 Å². The van der Waals surface area contributed by atoms with Crippen molar-refractivity contribution in [2.24, 2.45) is 0 Å². The zero-order valence-electron chi connectivity index (χ0n) is 14.1. The largest absolute Gasteiger partial charge is 0.378 e. The van der Waals surface area contributed by atoms with Gasteiger partial charge in [-0.15, -0.1) is 0 Å². The highest BCUT2D eigenvalue weighted by atomic mass is 16.5. The quantitative estimate of drug-likeness (QED) is 0.818. The number of nitrogens with zero attached hydrogens (tertiary/aromatic N) is 2. The van der Waals surface area contributed by atoms with Gasteiger partial charge < -0.3 is 19.4 Å². The van der Waals surface area contributed by atoms with Crippen LogP contribution in [-0.2, 0) is 19.8 Å². The maximum absolute atomic E-state index is 12.1. The van der Waals surface area contributed by atoms with Crippen LogP contribution in [0.1, 0.15) is 45.6 Å². The number of rotatable bonds is 6. The molecular formula is C17H25N3O3. The molecule has 23 heavy (non-hydrogen) atoms. The van der Waals surface area contributed by atoms with Gasteiger partial charge in [0.2, 0.25) is 5.91 Å². The third-order valence-electron chi connectivity index (χ3n) is 3.74. The summed E-state index contributed by atoms with van der Waals surface area (Å²) in [5, 5.41) is 11.9. The van der Waals surface area contributed by atoms with Crippen LogP contribution in [0.2, 0.25) is 0 Å². The lowest BCUT2D eigenvalue weighted by molar-refractivity contribution is -0.117. The van der Waals surface area contributed by atoms with Crippen molar-refractivity contribution in [3.8, 4) is 6.07 Å². The fourth-order valence-corrected chi connectivity index (χ4v) is 2.54. The monoisotopic (exact) mass is 319 g/mol. The van der Waals surface area contributed by atoms with Crippen LogP contribution in [0.5, 0.6) is 0 Å². The predicted octanol–water partition coefficient (Wildman–Crippen LogP) is 2.64. The zero-order valence-corrected chi connectivity index (χ0v) is 14.1. The molecule has 1 aliphatic heterocycles. The number of ether oxygens (including phenoxy) is 2. The standard InChI is InChI=1S/C17H25N3O3/c1-17(2,3)20-11-13(10-18)9-15(20)19-16(21)6-8-22-12-14-5-4-7-23-14/h9,11,14H,4-8,12H2,1-3H3,(H,19,21)/t14-/m1/s1. The number of nitrogens with one attached hydrogen (secondary N) is 1. The number of hydrogen-bond donors (Lipinski definition) is 1. The molecule has 0 spiro atoms. The summed E-state index contributed by atoms with van der Waals surface area (Å²) in [6.07, 6.45) is 4.32. The lowest BCUT2D eigenvalue weighted by atomic mass is 10.1. The Labute approximate surface area is 137 Å². The second-order valence-electron chi connectivity index (χ2n) is 6.77. The number of nitriles is 1. The van der Waals surface area contributed by atoms with Crippen molar-refractivity contribution in [1.29, 1.82) is 5.26 Å². The highest BCUT2D eigenvalue weighted by Crippen LogP contribution is 2.24. The molecule has 126 valence electrons. The summed E-state index contributed by atoms with van der Waals surface area (Å²) < 4.78 is 12.9. The molecule has 0 saturated carbocycles. The van der Waals surface area contributed by atoms with Gasteiger partial charge in [-0.3, -0.25) is 4.79 Å². The summed E-state index contributed by atoms with van der Waals surface area (Å²) in [6.45, 7) is 7.79. The molecule has 2 heterocycles. The molecule has 0 radical (unpaired) electrons. The van der Waals surface area contributed by atoms with E-state index >= 15 is 0 Å². The summed E-state index contributed by atoms with van der Waals surface area (Å²) in [5.74, 6) is 0.517. The van der Waals surface area contributed by atoms with Crippen LogP contribution in [0.15, 0.2) is 12.3 Å². The van der Waals surface area contributed by atoms with Gasteiger partial charge in [0.1, 0.15) is 11.9 Å². The van der Waals surface area contributed by atoms with E-state index in [1.165, 1.54) is 0 Å². The Balaban J connectivity index is 1.82. The van der Waals surface area contributed by atoms with E-state index < -0.39 is 0 Å². The van der Waals surface area contributed by atoms with Crippen molar-refractivity contribution in [1.82, 2.24) is 4.57 Å². The fourth-order valence-electron chi connectivity index (χ4n) is 2.54. The Bertz CT molecular complexity index is 575. The third kappa shape index (κ3) is 5.08. The Morgan fingerprint density at radius 3 is 2.96 bits per heavy atom. The molecule has 0 bridgehead atoms. The molecule has 1 saturated heterocycles. The number of carbonyl (C=O) groups excluding carboxylic acids is 1. The van der Waals surface area contributed by atoms with Gasteiger partial charge >= 0.3 is 0 Å². The molecule has 6 nitrogen and oxygen atoms in total. The van der Waals surface area contributed by atoms with E-state index in [0.717, 1.165) is 19.4 Å². The van der Waals surface area contributed by atoms with Crippen molar-refractivity contribution >= 4 is 11.7 Å². The van der Waals surface area contributed by atoms with Crippen LogP contribution < -0.4 is 5.32 Å². The lowest BCUT2D eigenvalue weighted by Gasteiger charge is -2.24. The third-order valence-corrected chi connectivity index (χ3v) is 3.74. The molecule has 1 fully saturated rings. The van der Waals surface area contributed by atoms with E-state index in [1.54, 1.807) is 12.3 Å². The van der Waals surface area contributed by atoms with Crippen molar-refractivity contribution in [3.63, 3.8) is 0 Å². The molecular weight excluding hydrogens is 294 g/mol. The topological polar surface area (TPSA) is 76.3 Å². The maximum atomic E-state index is 12.1.